The van der Waals surface area contributed by atoms with Crippen molar-refractivity contribution < 1.29 is 14.2 Å². The molecule has 4 N–H and O–H groups in total. The summed E-state index contributed by atoms with van der Waals surface area (Å²) in [5.74, 6) is 1.34. The molecule has 0 aliphatic rings. The maximum atomic E-state index is 6.20. The monoisotopic (exact) mass is 408 g/mol. The molecule has 1 aromatic heterocycles. The van der Waals surface area contributed by atoms with Gasteiger partial charge in [0, 0.05) is 18.7 Å². The molecule has 9 heteroatoms. The van der Waals surface area contributed by atoms with Crippen LogP contribution in [0.5, 0.6) is 11.5 Å². The molecular weight excluding hydrogens is 391 g/mol. The first-order valence-corrected chi connectivity index (χ1v) is 8.70. The van der Waals surface area contributed by atoms with Crippen molar-refractivity contribution in [3.05, 3.63) is 45.9 Å². The van der Waals surface area contributed by atoms with E-state index < -0.39 is 6.10 Å². The number of hydrogen-bond donors (Lipinski definition) is 2. The van der Waals surface area contributed by atoms with Gasteiger partial charge in [-0.2, -0.15) is 4.98 Å². The number of benzene rings is 2. The highest BCUT2D eigenvalue weighted by molar-refractivity contribution is 6.42. The standard InChI is InChI=1S/C18H18Cl2N4O3/c1-25-8-15(9-6-10(19)11(20)7-14(9)26-2)27-13-5-3-4-12-16(13)17(21)24-18(22)23-12/h3-7,15H,8H2,1-2H3,(H4,21,22,23,24). The zero-order valence-corrected chi connectivity index (χ0v) is 16.2. The van der Waals surface area contributed by atoms with Gasteiger partial charge in [-0.05, 0) is 18.2 Å². The topological polar surface area (TPSA) is 106 Å². The Kier molecular flexibility index (Phi) is 5.74. The zero-order chi connectivity index (χ0) is 19.6. The Morgan fingerprint density at radius 1 is 1.04 bits per heavy atom. The summed E-state index contributed by atoms with van der Waals surface area (Å²) in [5, 5.41) is 1.32. The number of aromatic nitrogens is 2. The molecule has 2 aromatic carbocycles. The minimum absolute atomic E-state index is 0.0942. The second kappa shape index (κ2) is 8.04. The number of rotatable bonds is 6. The van der Waals surface area contributed by atoms with Crippen LogP contribution in [-0.4, -0.2) is 30.8 Å². The van der Waals surface area contributed by atoms with Crippen molar-refractivity contribution in [3.63, 3.8) is 0 Å². The van der Waals surface area contributed by atoms with Crippen molar-refractivity contribution in [1.82, 2.24) is 9.97 Å². The van der Waals surface area contributed by atoms with Crippen LogP contribution in [0.2, 0.25) is 10.0 Å². The van der Waals surface area contributed by atoms with E-state index in [1.165, 1.54) is 0 Å². The molecule has 0 spiro atoms. The van der Waals surface area contributed by atoms with Crippen LogP contribution in [0.4, 0.5) is 11.8 Å². The summed E-state index contributed by atoms with van der Waals surface area (Å²) in [6, 6.07) is 8.66. The molecule has 142 valence electrons. The molecule has 0 aliphatic carbocycles. The summed E-state index contributed by atoms with van der Waals surface area (Å²) in [4.78, 5) is 8.21. The van der Waals surface area contributed by atoms with E-state index in [0.29, 0.717) is 38.0 Å². The average molecular weight is 409 g/mol. The van der Waals surface area contributed by atoms with Gasteiger partial charge in [-0.1, -0.05) is 29.3 Å². The number of ether oxygens (including phenoxy) is 3. The minimum atomic E-state index is -0.540. The van der Waals surface area contributed by atoms with Crippen LogP contribution < -0.4 is 20.9 Å². The molecule has 0 saturated heterocycles. The van der Waals surface area contributed by atoms with E-state index in [4.69, 9.17) is 48.9 Å². The van der Waals surface area contributed by atoms with Crippen molar-refractivity contribution in [2.45, 2.75) is 6.10 Å². The largest absolute Gasteiger partial charge is 0.496 e. The first-order chi connectivity index (χ1) is 12.9. The summed E-state index contributed by atoms with van der Waals surface area (Å²) in [6.07, 6.45) is -0.540. The van der Waals surface area contributed by atoms with Gasteiger partial charge in [-0.3, -0.25) is 0 Å². The number of halogens is 2. The molecule has 7 nitrogen and oxygen atoms in total. The van der Waals surface area contributed by atoms with E-state index in [1.54, 1.807) is 44.6 Å². The number of methoxy groups -OCH3 is 2. The number of hydrogen-bond acceptors (Lipinski definition) is 7. The summed E-state index contributed by atoms with van der Waals surface area (Å²) in [6.45, 7) is 0.237. The Bertz CT molecular complexity index is 984. The fraction of sp³-hybridized carbons (Fsp3) is 0.222. The number of fused-ring (bicyclic) bond motifs is 1. The molecule has 1 unspecified atom stereocenters. The van der Waals surface area contributed by atoms with E-state index >= 15 is 0 Å². The molecule has 0 fully saturated rings. The predicted octanol–water partition coefficient (Wildman–Crippen LogP) is 3.88. The fourth-order valence-corrected chi connectivity index (χ4v) is 3.09. The number of nitrogens with zero attached hydrogens (tertiary/aromatic N) is 2. The van der Waals surface area contributed by atoms with Crippen molar-refractivity contribution in [2.75, 3.05) is 32.3 Å². The van der Waals surface area contributed by atoms with Crippen LogP contribution >= 0.6 is 23.2 Å². The molecule has 1 heterocycles. The zero-order valence-electron chi connectivity index (χ0n) is 14.7. The first-order valence-electron chi connectivity index (χ1n) is 7.94. The lowest BCUT2D eigenvalue weighted by atomic mass is 10.1. The quantitative estimate of drug-likeness (QED) is 0.637. The predicted molar refractivity (Wildman–Crippen MR) is 107 cm³/mol. The lowest BCUT2D eigenvalue weighted by molar-refractivity contribution is 0.0804. The van der Waals surface area contributed by atoms with Crippen LogP contribution in [-0.2, 0) is 4.74 Å². The van der Waals surface area contributed by atoms with Gasteiger partial charge >= 0.3 is 0 Å². The summed E-state index contributed by atoms with van der Waals surface area (Å²) < 4.78 is 17.0. The summed E-state index contributed by atoms with van der Waals surface area (Å²) in [5.41, 5.74) is 13.0. The molecule has 0 radical (unpaired) electrons. The molecule has 27 heavy (non-hydrogen) atoms. The maximum absolute atomic E-state index is 6.20. The molecule has 0 saturated carbocycles. The second-order valence-corrected chi connectivity index (χ2v) is 6.50. The maximum Gasteiger partial charge on any atom is 0.222 e. The van der Waals surface area contributed by atoms with Crippen molar-refractivity contribution >= 4 is 45.9 Å². The van der Waals surface area contributed by atoms with Crippen LogP contribution in [0.1, 0.15) is 11.7 Å². The van der Waals surface area contributed by atoms with Crippen molar-refractivity contribution in [2.24, 2.45) is 0 Å². The van der Waals surface area contributed by atoms with Gasteiger partial charge in [-0.15, -0.1) is 0 Å². The van der Waals surface area contributed by atoms with Gasteiger partial charge in [0.25, 0.3) is 0 Å². The van der Waals surface area contributed by atoms with Crippen molar-refractivity contribution in [1.29, 1.82) is 0 Å². The smallest absolute Gasteiger partial charge is 0.222 e. The third kappa shape index (κ3) is 3.95. The lowest BCUT2D eigenvalue weighted by Gasteiger charge is -2.22. The van der Waals surface area contributed by atoms with Gasteiger partial charge in [0.05, 0.1) is 34.7 Å². The van der Waals surface area contributed by atoms with Gasteiger partial charge in [0.1, 0.15) is 17.3 Å². The third-order valence-electron chi connectivity index (χ3n) is 3.94. The SMILES string of the molecule is COCC(Oc1cccc2nc(N)nc(N)c12)c1cc(Cl)c(Cl)cc1OC. The Morgan fingerprint density at radius 2 is 1.78 bits per heavy atom. The average Bonchev–Trinajstić information content (AvgIpc) is 2.62. The van der Waals surface area contributed by atoms with E-state index in [0.717, 1.165) is 0 Å². The van der Waals surface area contributed by atoms with Gasteiger partial charge in [0.15, 0.2) is 6.10 Å². The Hall–Kier alpha value is -2.48. The highest BCUT2D eigenvalue weighted by atomic mass is 35.5. The number of anilines is 2. The number of nitrogen functional groups attached to an aromatic ring is 2. The molecule has 0 aliphatic heterocycles. The van der Waals surface area contributed by atoms with Crippen molar-refractivity contribution in [3.8, 4) is 11.5 Å². The molecule has 0 bridgehead atoms. The van der Waals surface area contributed by atoms with E-state index in [9.17, 15) is 0 Å². The molecule has 3 rings (SSSR count). The Labute approximate surface area is 166 Å². The Balaban J connectivity index is 2.09. The van der Waals surface area contributed by atoms with Crippen LogP contribution in [0.25, 0.3) is 10.9 Å². The van der Waals surface area contributed by atoms with Crippen LogP contribution in [0.15, 0.2) is 30.3 Å². The Morgan fingerprint density at radius 3 is 2.48 bits per heavy atom. The van der Waals surface area contributed by atoms with Crippen LogP contribution in [0.3, 0.4) is 0 Å². The molecule has 3 aromatic rings. The number of nitrogens with two attached hydrogens (primary N) is 2. The first kappa shape index (κ1) is 19.3. The summed E-state index contributed by atoms with van der Waals surface area (Å²) in [7, 11) is 3.11. The normalized spacial score (nSPS) is 12.1. The van der Waals surface area contributed by atoms with Gasteiger partial charge < -0.3 is 25.7 Å². The van der Waals surface area contributed by atoms with Gasteiger partial charge in [0.2, 0.25) is 5.95 Å². The highest BCUT2D eigenvalue weighted by Crippen LogP contribution is 2.38. The fourth-order valence-electron chi connectivity index (χ4n) is 2.76. The highest BCUT2D eigenvalue weighted by Gasteiger charge is 2.22. The van der Waals surface area contributed by atoms with E-state index in [1.807, 2.05) is 0 Å². The molecule has 0 amide bonds. The lowest BCUT2D eigenvalue weighted by Crippen LogP contribution is -2.15. The molecule has 1 atom stereocenters. The van der Waals surface area contributed by atoms with E-state index in [-0.39, 0.29) is 18.4 Å². The minimum Gasteiger partial charge on any atom is -0.496 e. The summed E-state index contributed by atoms with van der Waals surface area (Å²) >= 11 is 12.3. The second-order valence-electron chi connectivity index (χ2n) is 5.69. The van der Waals surface area contributed by atoms with Crippen LogP contribution in [0, 0.1) is 0 Å². The van der Waals surface area contributed by atoms with E-state index in [2.05, 4.69) is 9.97 Å². The van der Waals surface area contributed by atoms with Gasteiger partial charge in [-0.25, -0.2) is 4.98 Å². The molecular formula is C18H18Cl2N4O3. The third-order valence-corrected chi connectivity index (χ3v) is 4.66.